The first-order chi connectivity index (χ1) is 67.9. The number of amides is 5. The minimum absolute atomic E-state index is 0.161. The van der Waals surface area contributed by atoms with Crippen molar-refractivity contribution in [1.82, 2.24) is 106 Å². The molecule has 0 unspecified atom stereocenters. The average Bonchev–Trinajstić information content (AvgIpc) is 1.56. The molecule has 10 aromatic heterocycles. The molecular formula is C97H76ClF11N26O6. The fourth-order valence-electron chi connectivity index (χ4n) is 15.3. The van der Waals surface area contributed by atoms with Gasteiger partial charge in [-0.3, -0.25) is 54.4 Å². The molecule has 10 aromatic carbocycles. The smallest absolute Gasteiger partial charge is 0.261 e. The summed E-state index contributed by atoms with van der Waals surface area (Å²) in [6.07, 6.45) is 9.39. The van der Waals surface area contributed by atoms with Gasteiger partial charge in [0.05, 0.1) is 103 Å². The normalized spacial score (nSPS) is 11.8. The molecule has 5 amide bonds. The number of benzene rings is 10. The van der Waals surface area contributed by atoms with Gasteiger partial charge in [-0.05, 0) is 187 Å². The van der Waals surface area contributed by atoms with Crippen LogP contribution in [0.5, 0.6) is 5.75 Å². The van der Waals surface area contributed by atoms with Crippen LogP contribution in [0, 0.1) is 106 Å². The monoisotopic (exact) mass is 1940 g/mol. The van der Waals surface area contributed by atoms with E-state index in [4.69, 9.17) is 16.3 Å². The van der Waals surface area contributed by atoms with Crippen molar-refractivity contribution in [3.8, 4) is 63.3 Å². The molecule has 0 bridgehead atoms. The van der Waals surface area contributed by atoms with Crippen molar-refractivity contribution in [3.63, 3.8) is 0 Å². The summed E-state index contributed by atoms with van der Waals surface area (Å²) in [5.74, 6) is -15.0. The van der Waals surface area contributed by atoms with Crippen molar-refractivity contribution >= 4 is 125 Å². The number of aromatic amines is 10. The largest absolute Gasteiger partial charge is 0.492 e. The molecule has 0 radical (unpaired) electrons. The van der Waals surface area contributed by atoms with Crippen LogP contribution in [0.2, 0.25) is 5.02 Å². The van der Waals surface area contributed by atoms with Gasteiger partial charge in [0.1, 0.15) is 115 Å². The maximum absolute atomic E-state index is 13.9. The van der Waals surface area contributed by atoms with E-state index in [1.807, 2.05) is 75.4 Å². The third-order valence-electron chi connectivity index (χ3n) is 22.7. The molecule has 1 fully saturated rings. The number of aromatic nitrogens is 20. The number of halogens is 12. The van der Waals surface area contributed by atoms with Crippen molar-refractivity contribution < 1.29 is 77.0 Å². The van der Waals surface area contributed by atoms with Crippen LogP contribution in [0.15, 0.2) is 189 Å². The topological polar surface area (TPSA) is 445 Å². The number of likely N-dealkylation sites (tertiary alicyclic amines) is 1. The van der Waals surface area contributed by atoms with Gasteiger partial charge in [-0.25, -0.2) is 73.2 Å². The first-order valence-electron chi connectivity index (χ1n) is 42.9. The first-order valence-corrected chi connectivity index (χ1v) is 43.3. The zero-order chi connectivity index (χ0) is 99.3. The number of imidazole rings is 5. The number of nitrogens with one attached hydrogen (secondary N) is 15. The van der Waals surface area contributed by atoms with Crippen molar-refractivity contribution in [2.75, 3.05) is 52.8 Å². The molecule has 15 N–H and O–H groups in total. The number of anilines is 5. The molecule has 714 valence electrons. The van der Waals surface area contributed by atoms with Crippen molar-refractivity contribution in [2.45, 2.75) is 54.4 Å². The van der Waals surface area contributed by atoms with E-state index in [0.29, 0.717) is 102 Å². The van der Waals surface area contributed by atoms with Gasteiger partial charge >= 0.3 is 0 Å². The number of hydrogen-bond acceptors (Lipinski definition) is 17. The van der Waals surface area contributed by atoms with Crippen LogP contribution in [-0.4, -0.2) is 162 Å². The van der Waals surface area contributed by atoms with Gasteiger partial charge in [0.15, 0.2) is 52.4 Å². The van der Waals surface area contributed by atoms with Gasteiger partial charge in [-0.2, -0.15) is 25.5 Å². The van der Waals surface area contributed by atoms with Crippen LogP contribution in [-0.2, 0) is 0 Å². The molecule has 141 heavy (non-hydrogen) atoms. The van der Waals surface area contributed by atoms with Gasteiger partial charge in [0.2, 0.25) is 0 Å². The Bertz CT molecular complexity index is 8030. The van der Waals surface area contributed by atoms with E-state index in [0.717, 1.165) is 99.7 Å². The quantitative estimate of drug-likeness (QED) is 0.0203. The average molecular weight is 1950 g/mol. The highest BCUT2D eigenvalue weighted by molar-refractivity contribution is 6.35. The predicted octanol–water partition coefficient (Wildman–Crippen LogP) is 20.5. The molecule has 32 nitrogen and oxygen atoms in total. The highest BCUT2D eigenvalue weighted by Gasteiger charge is 2.30. The van der Waals surface area contributed by atoms with Gasteiger partial charge < -0.3 is 56.2 Å². The highest BCUT2D eigenvalue weighted by Crippen LogP contribution is 2.37. The van der Waals surface area contributed by atoms with Crippen LogP contribution in [0.1, 0.15) is 98.0 Å². The molecule has 1 aliphatic heterocycles. The number of aryl methyl sites for hydroxylation is 6. The van der Waals surface area contributed by atoms with Crippen LogP contribution >= 0.6 is 11.6 Å². The summed E-state index contributed by atoms with van der Waals surface area (Å²) in [6.45, 7) is 15.5. The van der Waals surface area contributed by atoms with E-state index in [1.54, 1.807) is 49.6 Å². The summed E-state index contributed by atoms with van der Waals surface area (Å²) in [5.41, 5.74) is 12.1. The minimum atomic E-state index is -2.04. The standard InChI is InChI=1S/C25H28N6O2.C20H19N5O.C18H12F3N5O.C17H10ClF2N5O.C17H7F6N5O/c1-16-6-5-7-17(2)22(16)25(32)29-21-15-26-30-23(21)24-27-19-9-8-18(14-20(19)28-24)33-13-12-31-10-3-4-11-31;1-11-4-6-14(7-5-11)20(26)24-17-10-21-25-18(17)19-22-15-8-12(2)13(3)9-16(15)23-19;1-8-9(19)5-6-12-15(8)25-17(23-12)16-13(7-22-26-16)24-18(27)14-10(20)3-2-4-11(14)21;18-8-3-1-6-11-14(8)24-16(22-11)15-12(7-21-25-15)23-17(26)13-9(19)4-2-5-10(13)20;18-5-2-1-3-6(19)8(5)17(29)25-7-4-24-28-13(7)16-26-14-11(22)9(20)10(21)12(23)15(14)27-16/h5-9,14-15H,3-4,10-13H2,1-2H3,(H,26,30)(H,27,28)(H,29,32);4-10H,1-3H3,(H,21,25)(H,22,23)(H,24,26);2-7H,1H3,(H,22,26)(H,23,25)(H,24,27);1-7H,(H,21,25)(H,22,24)(H,23,26);1-4H,(H,24,28)(H,25,29)(H,26,27). The fourth-order valence-corrected chi connectivity index (χ4v) is 15.5. The van der Waals surface area contributed by atoms with E-state index in [1.165, 1.54) is 73.7 Å². The summed E-state index contributed by atoms with van der Waals surface area (Å²) >= 11 is 6.11. The number of carbonyl (C=O) groups excluding carboxylic acids is 5. The lowest BCUT2D eigenvalue weighted by atomic mass is 10.0. The predicted molar refractivity (Wildman–Crippen MR) is 504 cm³/mol. The number of para-hydroxylation sites is 1. The summed E-state index contributed by atoms with van der Waals surface area (Å²) in [4.78, 5) is 101. The second-order valence-electron chi connectivity index (χ2n) is 32.1. The lowest BCUT2D eigenvalue weighted by Gasteiger charge is -2.14. The first kappa shape index (κ1) is 95.0. The van der Waals surface area contributed by atoms with E-state index in [9.17, 15) is 72.3 Å². The minimum Gasteiger partial charge on any atom is -0.492 e. The molecular weight excluding hydrogens is 1870 g/mol. The lowest BCUT2D eigenvalue weighted by molar-refractivity contribution is 0.101. The SMILES string of the molecule is Cc1c(F)ccc2[nH]c(-c3[nH]ncc3NC(=O)c3c(F)cccc3F)nc12.Cc1ccc(C(=O)Nc2cn[nH]c2-c2nc3cc(C)c(C)cc3[nH]2)cc1.Cc1cccc(C)c1C(=O)Nc1cn[nH]c1-c1nc2ccc(OCCN3CCCC3)cc2[nH]1.O=C(Nc1cn[nH]c1-c1nc2c(Cl)cccc2[nH]1)c1c(F)cccc1F.O=C(Nc1cn[nH]c1-c1nc2c(F)c(F)c(F)c(F)c2[nH]1)c1c(F)cccc1F. The zero-order valence-electron chi connectivity index (χ0n) is 74.5. The number of nitrogens with zero attached hydrogens (tertiary/aromatic N) is 11. The molecule has 1 aliphatic rings. The molecule has 44 heteroatoms. The van der Waals surface area contributed by atoms with Crippen molar-refractivity contribution in [3.05, 3.63) is 319 Å². The van der Waals surface area contributed by atoms with Crippen LogP contribution in [0.4, 0.5) is 76.7 Å². The van der Waals surface area contributed by atoms with Crippen molar-refractivity contribution in [1.29, 1.82) is 0 Å². The Labute approximate surface area is 793 Å². The second-order valence-corrected chi connectivity index (χ2v) is 32.5. The molecule has 0 saturated carbocycles. The van der Waals surface area contributed by atoms with E-state index in [-0.39, 0.29) is 46.1 Å². The maximum atomic E-state index is 13.9. The van der Waals surface area contributed by atoms with Crippen LogP contribution in [0.3, 0.4) is 0 Å². The van der Waals surface area contributed by atoms with Gasteiger partial charge in [0.25, 0.3) is 29.5 Å². The Hall–Kier alpha value is -17.8. The van der Waals surface area contributed by atoms with Crippen LogP contribution < -0.4 is 31.3 Å². The number of carbonyl (C=O) groups is 5. The Morgan fingerprint density at radius 2 is 0.745 bits per heavy atom. The number of ether oxygens (including phenoxy) is 1. The Morgan fingerprint density at radius 3 is 1.23 bits per heavy atom. The summed E-state index contributed by atoms with van der Waals surface area (Å²) in [7, 11) is 0. The van der Waals surface area contributed by atoms with E-state index < -0.39 is 109 Å². The van der Waals surface area contributed by atoms with Gasteiger partial charge in [0, 0.05) is 29.3 Å². The van der Waals surface area contributed by atoms with Crippen molar-refractivity contribution in [2.24, 2.45) is 0 Å². The molecule has 0 atom stereocenters. The molecule has 1 saturated heterocycles. The molecule has 20 aromatic rings. The maximum Gasteiger partial charge on any atom is 0.261 e. The Balaban J connectivity index is 0.000000122. The molecule has 0 aliphatic carbocycles. The second kappa shape index (κ2) is 40.6. The third-order valence-corrected chi connectivity index (χ3v) is 23.0. The highest BCUT2D eigenvalue weighted by atomic mass is 35.5. The number of fused-ring (bicyclic) bond motifs is 5. The number of hydrogen-bond donors (Lipinski definition) is 15. The summed E-state index contributed by atoms with van der Waals surface area (Å²) in [5, 5.41) is 46.5. The molecule has 21 rings (SSSR count). The Kier molecular flexibility index (Phi) is 27.4. The third kappa shape index (κ3) is 20.3. The Morgan fingerprint density at radius 1 is 0.355 bits per heavy atom. The lowest BCUT2D eigenvalue weighted by Crippen LogP contribution is -2.25. The van der Waals surface area contributed by atoms with E-state index >= 15 is 0 Å². The number of rotatable bonds is 19. The molecule has 11 heterocycles. The van der Waals surface area contributed by atoms with Gasteiger partial charge in [-0.1, -0.05) is 71.8 Å². The fraction of sp³-hybridized carbons (Fsp3) is 0.124. The number of H-pyrrole nitrogens is 10. The van der Waals surface area contributed by atoms with Crippen LogP contribution in [0.25, 0.3) is 113 Å². The summed E-state index contributed by atoms with van der Waals surface area (Å²) in [6, 6.07) is 40.5. The van der Waals surface area contributed by atoms with Gasteiger partial charge in [-0.15, -0.1) is 0 Å². The zero-order valence-corrected chi connectivity index (χ0v) is 75.3. The van der Waals surface area contributed by atoms with E-state index in [2.05, 4.69) is 152 Å². The molecule has 0 spiro atoms. The summed E-state index contributed by atoms with van der Waals surface area (Å²) < 4.78 is 157.